The summed E-state index contributed by atoms with van der Waals surface area (Å²) in [6.07, 6.45) is 4.12. The van der Waals surface area contributed by atoms with E-state index in [-0.39, 0.29) is 18.0 Å². The zero-order valence-corrected chi connectivity index (χ0v) is 17.0. The van der Waals surface area contributed by atoms with Crippen molar-refractivity contribution in [3.05, 3.63) is 52.6 Å². The second-order valence-corrected chi connectivity index (χ2v) is 8.66. The minimum Gasteiger partial charge on any atom is -0.495 e. The lowest BCUT2D eigenvalue weighted by atomic mass is 9.92. The minimum absolute atomic E-state index is 0.190. The van der Waals surface area contributed by atoms with Gasteiger partial charge in [-0.15, -0.1) is 0 Å². The summed E-state index contributed by atoms with van der Waals surface area (Å²) in [5.74, 6) is 1.18. The molecular weight excluding hydrogens is 362 g/mol. The Kier molecular flexibility index (Phi) is 6.07. The Hall–Kier alpha value is -2.05. The summed E-state index contributed by atoms with van der Waals surface area (Å²) < 4.78 is 39.3. The highest BCUT2D eigenvalue weighted by Crippen LogP contribution is 2.31. The highest BCUT2D eigenvalue weighted by Gasteiger charge is 2.23. The lowest BCUT2D eigenvalue weighted by molar-refractivity contribution is 0.320. The monoisotopic (exact) mass is 389 g/mol. The standard InChI is InChI=1S/C21H27NO4S/c1-15-7-6-10-19(16(15)2)26-12-11-22-27(23,24)21-14-18-9-5-4-8-17(18)13-20(21)25-3/h6-7,10,13-14,22H,4-5,8-9,11-12H2,1-3H3. The van der Waals surface area contributed by atoms with Crippen LogP contribution in [0.15, 0.2) is 35.2 Å². The van der Waals surface area contributed by atoms with Gasteiger partial charge < -0.3 is 9.47 Å². The third-order valence-corrected chi connectivity index (χ3v) is 6.61. The van der Waals surface area contributed by atoms with Gasteiger partial charge in [-0.1, -0.05) is 12.1 Å². The highest BCUT2D eigenvalue weighted by molar-refractivity contribution is 7.89. The van der Waals surface area contributed by atoms with Crippen molar-refractivity contribution >= 4 is 10.0 Å². The average Bonchev–Trinajstić information content (AvgIpc) is 2.67. The molecule has 0 fully saturated rings. The van der Waals surface area contributed by atoms with Crippen LogP contribution in [-0.2, 0) is 22.9 Å². The zero-order valence-electron chi connectivity index (χ0n) is 16.2. The molecule has 1 N–H and O–H groups in total. The van der Waals surface area contributed by atoms with Crippen LogP contribution in [-0.4, -0.2) is 28.7 Å². The quantitative estimate of drug-likeness (QED) is 0.736. The molecule has 0 radical (unpaired) electrons. The molecule has 2 aromatic carbocycles. The van der Waals surface area contributed by atoms with Gasteiger partial charge in [-0.25, -0.2) is 13.1 Å². The Morgan fingerprint density at radius 3 is 2.44 bits per heavy atom. The first kappa shape index (κ1) is 19.7. The molecule has 0 aliphatic heterocycles. The van der Waals surface area contributed by atoms with E-state index >= 15 is 0 Å². The molecule has 0 heterocycles. The average molecular weight is 390 g/mol. The molecule has 0 atom stereocenters. The Morgan fingerprint density at radius 2 is 1.74 bits per heavy atom. The van der Waals surface area contributed by atoms with Crippen molar-refractivity contribution in [2.24, 2.45) is 0 Å². The molecule has 0 amide bonds. The Balaban J connectivity index is 1.69. The number of sulfonamides is 1. The largest absolute Gasteiger partial charge is 0.495 e. The van der Waals surface area contributed by atoms with Crippen LogP contribution in [0.2, 0.25) is 0 Å². The number of methoxy groups -OCH3 is 1. The second kappa shape index (κ2) is 8.31. The van der Waals surface area contributed by atoms with Gasteiger partial charge in [0.1, 0.15) is 23.0 Å². The molecule has 0 saturated heterocycles. The maximum absolute atomic E-state index is 12.8. The third kappa shape index (κ3) is 4.45. The van der Waals surface area contributed by atoms with Crippen molar-refractivity contribution in [3.63, 3.8) is 0 Å². The lowest BCUT2D eigenvalue weighted by Crippen LogP contribution is -2.29. The Labute approximate surface area is 161 Å². The number of benzene rings is 2. The van der Waals surface area contributed by atoms with E-state index in [0.29, 0.717) is 5.75 Å². The number of aryl methyl sites for hydroxylation is 3. The topological polar surface area (TPSA) is 64.6 Å². The maximum atomic E-state index is 12.8. The number of rotatable bonds is 7. The van der Waals surface area contributed by atoms with Crippen molar-refractivity contribution < 1.29 is 17.9 Å². The molecular formula is C21H27NO4S. The van der Waals surface area contributed by atoms with Gasteiger partial charge in [0.2, 0.25) is 10.0 Å². The molecule has 3 rings (SSSR count). The maximum Gasteiger partial charge on any atom is 0.244 e. The number of nitrogens with one attached hydrogen (secondary N) is 1. The summed E-state index contributed by atoms with van der Waals surface area (Å²) in [4.78, 5) is 0.206. The van der Waals surface area contributed by atoms with Crippen LogP contribution in [0.1, 0.15) is 35.1 Å². The van der Waals surface area contributed by atoms with Crippen molar-refractivity contribution in [3.8, 4) is 11.5 Å². The van der Waals surface area contributed by atoms with Crippen molar-refractivity contribution in [2.75, 3.05) is 20.3 Å². The Bertz CT molecular complexity index is 922. The first-order chi connectivity index (χ1) is 12.9. The first-order valence-corrected chi connectivity index (χ1v) is 10.8. The van der Waals surface area contributed by atoms with E-state index in [1.165, 1.54) is 12.7 Å². The molecule has 5 nitrogen and oxygen atoms in total. The van der Waals surface area contributed by atoms with Gasteiger partial charge in [-0.3, -0.25) is 0 Å². The van der Waals surface area contributed by atoms with Gasteiger partial charge in [0.05, 0.1) is 7.11 Å². The van der Waals surface area contributed by atoms with E-state index in [2.05, 4.69) is 4.72 Å². The summed E-state index contributed by atoms with van der Waals surface area (Å²) in [6.45, 7) is 4.47. The summed E-state index contributed by atoms with van der Waals surface area (Å²) in [5, 5.41) is 0. The number of hydrogen-bond acceptors (Lipinski definition) is 4. The number of ether oxygens (including phenoxy) is 2. The first-order valence-electron chi connectivity index (χ1n) is 9.31. The van der Waals surface area contributed by atoms with Crippen molar-refractivity contribution in [1.29, 1.82) is 0 Å². The second-order valence-electron chi connectivity index (χ2n) is 6.92. The fourth-order valence-corrected chi connectivity index (χ4v) is 4.62. The van der Waals surface area contributed by atoms with Crippen LogP contribution in [0.4, 0.5) is 0 Å². The van der Waals surface area contributed by atoms with Gasteiger partial charge in [-0.2, -0.15) is 0 Å². The molecule has 0 bridgehead atoms. The van der Waals surface area contributed by atoms with Crippen LogP contribution < -0.4 is 14.2 Å². The van der Waals surface area contributed by atoms with E-state index in [9.17, 15) is 8.42 Å². The molecule has 2 aromatic rings. The third-order valence-electron chi connectivity index (χ3n) is 5.12. The van der Waals surface area contributed by atoms with Gasteiger partial charge in [-0.05, 0) is 80.0 Å². The van der Waals surface area contributed by atoms with E-state index in [1.807, 2.05) is 38.1 Å². The summed E-state index contributed by atoms with van der Waals surface area (Å²) in [6, 6.07) is 9.48. The van der Waals surface area contributed by atoms with Crippen LogP contribution in [0, 0.1) is 13.8 Å². The zero-order chi connectivity index (χ0) is 19.4. The van der Waals surface area contributed by atoms with Crippen LogP contribution in [0.5, 0.6) is 11.5 Å². The van der Waals surface area contributed by atoms with Gasteiger partial charge in [0, 0.05) is 6.54 Å². The number of fused-ring (bicyclic) bond motifs is 1. The molecule has 0 spiro atoms. The smallest absolute Gasteiger partial charge is 0.244 e. The normalized spacial score (nSPS) is 13.9. The van der Waals surface area contributed by atoms with E-state index in [4.69, 9.17) is 9.47 Å². The van der Waals surface area contributed by atoms with Crippen LogP contribution in [0.25, 0.3) is 0 Å². The van der Waals surface area contributed by atoms with Crippen LogP contribution >= 0.6 is 0 Å². The molecule has 146 valence electrons. The van der Waals surface area contributed by atoms with E-state index in [1.54, 1.807) is 6.07 Å². The molecule has 0 unspecified atom stereocenters. The summed E-state index contributed by atoms with van der Waals surface area (Å²) in [7, 11) is -2.16. The Morgan fingerprint density at radius 1 is 1.04 bits per heavy atom. The fraction of sp³-hybridized carbons (Fsp3) is 0.429. The fourth-order valence-electron chi connectivity index (χ4n) is 3.41. The number of hydrogen-bond donors (Lipinski definition) is 1. The highest BCUT2D eigenvalue weighted by atomic mass is 32.2. The van der Waals surface area contributed by atoms with Crippen LogP contribution in [0.3, 0.4) is 0 Å². The molecule has 6 heteroatoms. The van der Waals surface area contributed by atoms with Gasteiger partial charge in [0.25, 0.3) is 0 Å². The SMILES string of the molecule is COc1cc2c(cc1S(=O)(=O)NCCOc1cccc(C)c1C)CCCC2. The van der Waals surface area contributed by atoms with E-state index in [0.717, 1.165) is 48.1 Å². The predicted molar refractivity (Wildman–Crippen MR) is 106 cm³/mol. The molecule has 27 heavy (non-hydrogen) atoms. The van der Waals surface area contributed by atoms with Crippen molar-refractivity contribution in [1.82, 2.24) is 4.72 Å². The molecule has 1 aliphatic rings. The van der Waals surface area contributed by atoms with E-state index < -0.39 is 10.0 Å². The lowest BCUT2D eigenvalue weighted by Gasteiger charge is -2.19. The predicted octanol–water partition coefficient (Wildman–Crippen LogP) is 3.55. The summed E-state index contributed by atoms with van der Waals surface area (Å²) in [5.41, 5.74) is 4.51. The molecule has 1 aliphatic carbocycles. The summed E-state index contributed by atoms with van der Waals surface area (Å²) >= 11 is 0. The van der Waals surface area contributed by atoms with Gasteiger partial charge in [0.15, 0.2) is 0 Å². The molecule has 0 aromatic heterocycles. The molecule has 0 saturated carbocycles. The van der Waals surface area contributed by atoms with Gasteiger partial charge >= 0.3 is 0 Å². The minimum atomic E-state index is -3.66. The van der Waals surface area contributed by atoms with Crippen molar-refractivity contribution in [2.45, 2.75) is 44.4 Å².